The molecule has 0 aromatic carbocycles. The fourth-order valence-corrected chi connectivity index (χ4v) is 3.32. The number of nitrogens with zero attached hydrogens (tertiary/aromatic N) is 1. The van der Waals surface area contributed by atoms with E-state index in [9.17, 15) is 14.7 Å². The smallest absolute Gasteiger partial charge is 0.309 e. The zero-order valence-corrected chi connectivity index (χ0v) is 13.1. The Hall–Kier alpha value is -1.10. The lowest BCUT2D eigenvalue weighted by Gasteiger charge is -2.38. The summed E-state index contributed by atoms with van der Waals surface area (Å²) >= 11 is 0. The van der Waals surface area contributed by atoms with Gasteiger partial charge in [0.15, 0.2) is 0 Å². The van der Waals surface area contributed by atoms with Gasteiger partial charge in [0, 0.05) is 19.7 Å². The first kappa shape index (κ1) is 16.3. The molecule has 0 unspecified atom stereocenters. The average molecular weight is 297 g/mol. The number of carbonyl (C=O) groups excluding carboxylic acids is 1. The maximum Gasteiger partial charge on any atom is 0.309 e. The van der Waals surface area contributed by atoms with E-state index in [1.165, 1.54) is 0 Å². The van der Waals surface area contributed by atoms with Crippen molar-refractivity contribution >= 4 is 11.9 Å². The van der Waals surface area contributed by atoms with Gasteiger partial charge in [-0.3, -0.25) is 9.59 Å². The molecule has 2 aliphatic heterocycles. The molecule has 0 saturated carbocycles. The third-order valence-corrected chi connectivity index (χ3v) is 5.10. The van der Waals surface area contributed by atoms with E-state index in [-0.39, 0.29) is 17.9 Å². The van der Waals surface area contributed by atoms with Gasteiger partial charge in [-0.25, -0.2) is 0 Å². The summed E-state index contributed by atoms with van der Waals surface area (Å²) in [4.78, 5) is 25.5. The summed E-state index contributed by atoms with van der Waals surface area (Å²) in [7, 11) is 0. The molecule has 0 spiro atoms. The summed E-state index contributed by atoms with van der Waals surface area (Å²) in [6, 6.07) is 0. The Kier molecular flexibility index (Phi) is 5.25. The minimum absolute atomic E-state index is 0.0828. The van der Waals surface area contributed by atoms with Crippen LogP contribution in [0.25, 0.3) is 0 Å². The fraction of sp³-hybridized carbons (Fsp3) is 0.875. The molecule has 0 radical (unpaired) electrons. The molecule has 2 heterocycles. The van der Waals surface area contributed by atoms with Crippen LogP contribution in [0.5, 0.6) is 0 Å². The molecule has 5 nitrogen and oxygen atoms in total. The number of likely N-dealkylation sites (tertiary alicyclic amines) is 1. The van der Waals surface area contributed by atoms with Crippen LogP contribution in [0.1, 0.15) is 52.4 Å². The first-order chi connectivity index (χ1) is 9.91. The van der Waals surface area contributed by atoms with Crippen molar-refractivity contribution in [2.45, 2.75) is 58.5 Å². The van der Waals surface area contributed by atoms with Crippen LogP contribution in [0, 0.1) is 11.3 Å². The Morgan fingerprint density at radius 1 is 1.19 bits per heavy atom. The van der Waals surface area contributed by atoms with E-state index in [0.29, 0.717) is 19.5 Å². The molecule has 0 bridgehead atoms. The molecule has 0 aromatic rings. The molecule has 0 aliphatic carbocycles. The van der Waals surface area contributed by atoms with Crippen LogP contribution >= 0.6 is 0 Å². The van der Waals surface area contributed by atoms with Crippen LogP contribution in [0.4, 0.5) is 0 Å². The lowest BCUT2D eigenvalue weighted by atomic mass is 9.73. The molecule has 120 valence electrons. The highest BCUT2D eigenvalue weighted by Crippen LogP contribution is 2.35. The van der Waals surface area contributed by atoms with Crippen molar-refractivity contribution in [3.8, 4) is 0 Å². The largest absolute Gasteiger partial charge is 0.481 e. The molecule has 1 N–H and O–H groups in total. The third-order valence-electron chi connectivity index (χ3n) is 5.10. The summed E-state index contributed by atoms with van der Waals surface area (Å²) in [5.41, 5.74) is -0.707. The number of carboxylic acid groups (broad SMARTS) is 1. The van der Waals surface area contributed by atoms with Crippen LogP contribution < -0.4 is 0 Å². The first-order valence-corrected chi connectivity index (χ1v) is 8.04. The molecule has 5 heteroatoms. The molecular formula is C16H27NO4. The molecule has 1 atom stereocenters. The van der Waals surface area contributed by atoms with Crippen molar-refractivity contribution in [1.29, 1.82) is 0 Å². The van der Waals surface area contributed by atoms with Crippen molar-refractivity contribution in [1.82, 2.24) is 4.90 Å². The van der Waals surface area contributed by atoms with E-state index >= 15 is 0 Å². The lowest BCUT2D eigenvalue weighted by molar-refractivity contribution is -0.151. The molecule has 2 saturated heterocycles. The molecule has 2 fully saturated rings. The number of amides is 1. The van der Waals surface area contributed by atoms with Crippen molar-refractivity contribution in [2.24, 2.45) is 11.3 Å². The van der Waals surface area contributed by atoms with Gasteiger partial charge < -0.3 is 14.7 Å². The third kappa shape index (κ3) is 3.96. The van der Waals surface area contributed by atoms with Gasteiger partial charge in [-0.15, -0.1) is 0 Å². The van der Waals surface area contributed by atoms with E-state index < -0.39 is 11.4 Å². The lowest BCUT2D eigenvalue weighted by Crippen LogP contribution is -2.45. The van der Waals surface area contributed by atoms with Gasteiger partial charge in [0.2, 0.25) is 5.91 Å². The maximum absolute atomic E-state index is 12.3. The van der Waals surface area contributed by atoms with E-state index in [2.05, 4.69) is 0 Å². The number of ether oxygens (including phenoxy) is 1. The van der Waals surface area contributed by atoms with Gasteiger partial charge in [-0.1, -0.05) is 0 Å². The van der Waals surface area contributed by atoms with Crippen LogP contribution in [0.3, 0.4) is 0 Å². The van der Waals surface area contributed by atoms with E-state index in [0.717, 1.165) is 38.7 Å². The number of hydrogen-bond donors (Lipinski definition) is 1. The Morgan fingerprint density at radius 2 is 1.86 bits per heavy atom. The Bertz CT molecular complexity index is 380. The molecule has 2 aliphatic rings. The Balaban J connectivity index is 1.80. The first-order valence-electron chi connectivity index (χ1n) is 8.04. The van der Waals surface area contributed by atoms with Crippen LogP contribution in [-0.4, -0.2) is 47.7 Å². The molecular weight excluding hydrogens is 270 g/mol. The highest BCUT2D eigenvalue weighted by atomic mass is 16.5. The van der Waals surface area contributed by atoms with Crippen molar-refractivity contribution in [3.63, 3.8) is 0 Å². The highest BCUT2D eigenvalue weighted by molar-refractivity contribution is 5.77. The molecule has 21 heavy (non-hydrogen) atoms. The summed E-state index contributed by atoms with van der Waals surface area (Å²) < 4.78 is 5.62. The summed E-state index contributed by atoms with van der Waals surface area (Å²) in [6.45, 7) is 5.69. The highest BCUT2D eigenvalue weighted by Gasteiger charge is 2.39. The summed E-state index contributed by atoms with van der Waals surface area (Å²) in [6.07, 6.45) is 5.33. The van der Waals surface area contributed by atoms with Gasteiger partial charge in [-0.05, 0) is 51.9 Å². The standard InChI is InChI=1S/C16H27NO4/c1-16(2,15(19)20)12-6-8-17(9-7-12)14(18)11-13-5-3-4-10-21-13/h12-13H,3-11H2,1-2H3,(H,19,20)/t13-/m1/s1. The molecule has 1 amide bonds. The topological polar surface area (TPSA) is 66.8 Å². The van der Waals surface area contributed by atoms with Crippen molar-refractivity contribution in [2.75, 3.05) is 19.7 Å². The SMILES string of the molecule is CC(C)(C(=O)O)C1CCN(C(=O)C[C@H]2CCCCO2)CC1. The second-order valence-electron chi connectivity index (χ2n) is 6.87. The van der Waals surface area contributed by atoms with Gasteiger partial charge in [0.1, 0.15) is 0 Å². The minimum atomic E-state index is -0.747. The van der Waals surface area contributed by atoms with Gasteiger partial charge in [0.05, 0.1) is 17.9 Å². The Morgan fingerprint density at radius 3 is 2.38 bits per heavy atom. The van der Waals surface area contributed by atoms with Crippen LogP contribution in [-0.2, 0) is 14.3 Å². The second-order valence-corrected chi connectivity index (χ2v) is 6.87. The van der Waals surface area contributed by atoms with Gasteiger partial charge in [-0.2, -0.15) is 0 Å². The number of aliphatic carboxylic acids is 1. The second kappa shape index (κ2) is 6.77. The predicted octanol–water partition coefficient (Wildman–Crippen LogP) is 2.29. The number of hydrogen-bond acceptors (Lipinski definition) is 3. The number of carboxylic acids is 1. The van der Waals surface area contributed by atoms with E-state index in [1.54, 1.807) is 13.8 Å². The summed E-state index contributed by atoms with van der Waals surface area (Å²) in [5.74, 6) is -0.443. The monoisotopic (exact) mass is 297 g/mol. The number of rotatable bonds is 4. The Labute approximate surface area is 126 Å². The van der Waals surface area contributed by atoms with Crippen LogP contribution in [0.2, 0.25) is 0 Å². The van der Waals surface area contributed by atoms with Gasteiger partial charge >= 0.3 is 5.97 Å². The van der Waals surface area contributed by atoms with Crippen molar-refractivity contribution < 1.29 is 19.4 Å². The molecule has 0 aromatic heterocycles. The number of piperidine rings is 1. The molecule has 2 rings (SSSR count). The number of carbonyl (C=O) groups is 2. The van der Waals surface area contributed by atoms with E-state index in [4.69, 9.17) is 4.74 Å². The summed E-state index contributed by atoms with van der Waals surface area (Å²) in [5, 5.41) is 9.29. The van der Waals surface area contributed by atoms with Crippen LogP contribution in [0.15, 0.2) is 0 Å². The zero-order valence-electron chi connectivity index (χ0n) is 13.1. The quantitative estimate of drug-likeness (QED) is 0.864. The normalized spacial score (nSPS) is 24.9. The van der Waals surface area contributed by atoms with E-state index in [1.807, 2.05) is 4.90 Å². The zero-order chi connectivity index (χ0) is 15.5. The predicted molar refractivity (Wildman–Crippen MR) is 78.9 cm³/mol. The van der Waals surface area contributed by atoms with Crippen molar-refractivity contribution in [3.05, 3.63) is 0 Å². The van der Waals surface area contributed by atoms with Gasteiger partial charge in [0.25, 0.3) is 0 Å². The average Bonchev–Trinajstić information content (AvgIpc) is 2.48. The maximum atomic E-state index is 12.3. The fourth-order valence-electron chi connectivity index (χ4n) is 3.32. The minimum Gasteiger partial charge on any atom is -0.481 e.